The van der Waals surface area contributed by atoms with E-state index in [2.05, 4.69) is 56.9 Å². The number of rotatable bonds is 11. The molecule has 1 amide bonds. The Morgan fingerprint density at radius 1 is 1.15 bits per heavy atom. The summed E-state index contributed by atoms with van der Waals surface area (Å²) in [5.41, 5.74) is 3.41. The minimum atomic E-state index is -0.0223. The van der Waals surface area contributed by atoms with Crippen molar-refractivity contribution in [3.63, 3.8) is 0 Å². The van der Waals surface area contributed by atoms with Crippen LogP contribution in [0.15, 0.2) is 47.0 Å². The van der Waals surface area contributed by atoms with Crippen LogP contribution in [0.5, 0.6) is 11.5 Å². The highest BCUT2D eigenvalue weighted by atomic mass is 79.9. The van der Waals surface area contributed by atoms with E-state index in [1.807, 2.05) is 12.1 Å². The summed E-state index contributed by atoms with van der Waals surface area (Å²) in [6.45, 7) is 4.00. The second-order valence-electron chi connectivity index (χ2n) is 8.51. The zero-order chi connectivity index (χ0) is 24.3. The van der Waals surface area contributed by atoms with E-state index in [1.54, 1.807) is 7.11 Å². The normalized spacial score (nSPS) is 15.6. The van der Waals surface area contributed by atoms with Gasteiger partial charge in [0, 0.05) is 42.0 Å². The third-order valence-electron chi connectivity index (χ3n) is 5.98. The number of nitrogens with one attached hydrogen (secondary N) is 2. The van der Waals surface area contributed by atoms with Crippen molar-refractivity contribution in [2.24, 2.45) is 0 Å². The zero-order valence-electron chi connectivity index (χ0n) is 20.0. The quantitative estimate of drug-likeness (QED) is 0.260. The van der Waals surface area contributed by atoms with Crippen LogP contribution in [0.25, 0.3) is 0 Å². The monoisotopic (exact) mass is 548 g/mol. The van der Waals surface area contributed by atoms with Crippen molar-refractivity contribution in [2.75, 3.05) is 26.7 Å². The zero-order valence-corrected chi connectivity index (χ0v) is 22.3. The number of ether oxygens (including phenoxy) is 2. The molecule has 1 aliphatic carbocycles. The molecule has 0 aliphatic heterocycles. The predicted molar refractivity (Wildman–Crippen MR) is 142 cm³/mol. The molecule has 2 aromatic rings. The predicted octanol–water partition coefficient (Wildman–Crippen LogP) is 6.17. The molecule has 2 N–H and O–H groups in total. The molecule has 2 aromatic carbocycles. The Morgan fingerprint density at radius 3 is 2.79 bits per heavy atom. The Labute approximate surface area is 216 Å². The fourth-order valence-corrected chi connectivity index (χ4v) is 5.06. The van der Waals surface area contributed by atoms with Gasteiger partial charge in [0.05, 0.1) is 12.1 Å². The van der Waals surface area contributed by atoms with Gasteiger partial charge >= 0.3 is 0 Å². The molecule has 0 fully saturated rings. The van der Waals surface area contributed by atoms with Gasteiger partial charge in [0.25, 0.3) is 0 Å². The molecular weight excluding hydrogens is 516 g/mol. The Morgan fingerprint density at radius 2 is 2.00 bits per heavy atom. The lowest BCUT2D eigenvalue weighted by Crippen LogP contribution is -2.31. The average molecular weight is 550 g/mol. The molecule has 5 nitrogen and oxygen atoms in total. The topological polar surface area (TPSA) is 59.6 Å². The largest absolute Gasteiger partial charge is 0.496 e. The highest BCUT2D eigenvalue weighted by Gasteiger charge is 2.16. The van der Waals surface area contributed by atoms with Crippen LogP contribution in [-0.4, -0.2) is 32.7 Å². The molecule has 0 heterocycles. The van der Waals surface area contributed by atoms with E-state index >= 15 is 0 Å². The molecule has 7 heteroatoms. The second-order valence-corrected chi connectivity index (χ2v) is 9.71. The van der Waals surface area contributed by atoms with Crippen molar-refractivity contribution in [1.82, 2.24) is 10.6 Å². The van der Waals surface area contributed by atoms with E-state index in [9.17, 15) is 4.79 Å². The Hall–Kier alpha value is -2.02. The van der Waals surface area contributed by atoms with Crippen LogP contribution < -0.4 is 20.1 Å². The molecule has 1 unspecified atom stereocenters. The summed E-state index contributed by atoms with van der Waals surface area (Å²) in [5.74, 6) is 1.77. The Balaban J connectivity index is 1.62. The molecule has 34 heavy (non-hydrogen) atoms. The Kier molecular flexibility index (Phi) is 10.8. The number of carbonyl (C=O) groups is 1. The number of amides is 1. The number of halogens is 2. The Bertz CT molecular complexity index is 996. The number of hydrogen-bond acceptors (Lipinski definition) is 4. The molecule has 0 radical (unpaired) electrons. The first-order valence-electron chi connectivity index (χ1n) is 11.9. The van der Waals surface area contributed by atoms with Crippen molar-refractivity contribution in [3.05, 3.63) is 68.7 Å². The first kappa shape index (κ1) is 26.6. The standard InChI is InChI=1S/C27H34BrClN2O3/c1-19(32)31-15-14-30-13-12-21-16-24(29)26(17-25(21)33-2)34-18-22-10-7-11-23(27(22)28)20-8-5-3-4-6-9-20/h5,7-8,10-11,16-17,20,30H,3-4,6,9,12-15,18H2,1-2H3,(H,31,32). The van der Waals surface area contributed by atoms with Gasteiger partial charge in [0.1, 0.15) is 18.1 Å². The van der Waals surface area contributed by atoms with Gasteiger partial charge < -0.3 is 20.1 Å². The maximum absolute atomic E-state index is 10.9. The van der Waals surface area contributed by atoms with Gasteiger partial charge in [0.2, 0.25) is 5.91 Å². The third kappa shape index (κ3) is 7.76. The molecule has 3 rings (SSSR count). The van der Waals surface area contributed by atoms with Crippen molar-refractivity contribution >= 4 is 33.4 Å². The van der Waals surface area contributed by atoms with Gasteiger partial charge in [-0.25, -0.2) is 0 Å². The fourth-order valence-electron chi connectivity index (χ4n) is 4.14. The van der Waals surface area contributed by atoms with E-state index < -0.39 is 0 Å². The molecule has 0 saturated heterocycles. The molecule has 1 atom stereocenters. The van der Waals surface area contributed by atoms with Gasteiger partial charge in [-0.05, 0) is 49.4 Å². The van der Waals surface area contributed by atoms with Crippen LogP contribution >= 0.6 is 27.5 Å². The summed E-state index contributed by atoms with van der Waals surface area (Å²) in [5, 5.41) is 6.64. The third-order valence-corrected chi connectivity index (χ3v) is 7.24. The highest BCUT2D eigenvalue weighted by molar-refractivity contribution is 9.10. The summed E-state index contributed by atoms with van der Waals surface area (Å²) in [6, 6.07) is 10.2. The van der Waals surface area contributed by atoms with Crippen LogP contribution in [0.1, 0.15) is 55.2 Å². The maximum atomic E-state index is 10.9. The summed E-state index contributed by atoms with van der Waals surface area (Å²) >= 11 is 10.4. The highest BCUT2D eigenvalue weighted by Crippen LogP contribution is 2.36. The lowest BCUT2D eigenvalue weighted by atomic mass is 9.93. The number of hydrogen-bond donors (Lipinski definition) is 2. The summed E-state index contributed by atoms with van der Waals surface area (Å²) in [7, 11) is 1.65. The molecule has 0 spiro atoms. The molecule has 0 bridgehead atoms. The van der Waals surface area contributed by atoms with Gasteiger partial charge in [0.15, 0.2) is 0 Å². The van der Waals surface area contributed by atoms with Crippen molar-refractivity contribution in [2.45, 2.75) is 51.6 Å². The molecule has 184 valence electrons. The maximum Gasteiger partial charge on any atom is 0.216 e. The van der Waals surface area contributed by atoms with Gasteiger partial charge in [-0.2, -0.15) is 0 Å². The number of allylic oxidation sites excluding steroid dienone is 2. The SMILES string of the molecule is COc1cc(OCc2cccc(C3C=CCCCC3)c2Br)c(Cl)cc1CCNCCNC(C)=O. The van der Waals surface area contributed by atoms with Crippen LogP contribution in [0.4, 0.5) is 0 Å². The number of carbonyl (C=O) groups excluding carboxylic acids is 1. The fraction of sp³-hybridized carbons (Fsp3) is 0.444. The van der Waals surface area contributed by atoms with E-state index in [-0.39, 0.29) is 5.91 Å². The minimum Gasteiger partial charge on any atom is -0.496 e. The molecule has 0 aromatic heterocycles. The van der Waals surface area contributed by atoms with Crippen molar-refractivity contribution in [3.8, 4) is 11.5 Å². The van der Waals surface area contributed by atoms with Crippen molar-refractivity contribution in [1.29, 1.82) is 0 Å². The second kappa shape index (κ2) is 13.8. The van der Waals surface area contributed by atoms with Crippen molar-refractivity contribution < 1.29 is 14.3 Å². The van der Waals surface area contributed by atoms with Crippen LogP contribution in [0.3, 0.4) is 0 Å². The summed E-state index contributed by atoms with van der Waals surface area (Å²) < 4.78 is 12.8. The van der Waals surface area contributed by atoms with E-state index in [0.29, 0.717) is 36.4 Å². The number of methoxy groups -OCH3 is 1. The molecular formula is C27H34BrClN2O3. The lowest BCUT2D eigenvalue weighted by Gasteiger charge is -2.18. The summed E-state index contributed by atoms with van der Waals surface area (Å²) in [6.07, 6.45) is 10.2. The van der Waals surface area contributed by atoms with E-state index in [4.69, 9.17) is 21.1 Å². The first-order chi connectivity index (χ1) is 16.5. The molecule has 1 aliphatic rings. The molecule has 0 saturated carbocycles. The van der Waals surface area contributed by atoms with Gasteiger partial charge in [-0.15, -0.1) is 0 Å². The van der Waals surface area contributed by atoms with Crippen LogP contribution in [0.2, 0.25) is 5.02 Å². The first-order valence-corrected chi connectivity index (χ1v) is 13.0. The van der Waals surface area contributed by atoms with Gasteiger partial charge in [-0.1, -0.05) is 64.3 Å². The lowest BCUT2D eigenvalue weighted by molar-refractivity contribution is -0.118. The van der Waals surface area contributed by atoms with Gasteiger partial charge in [-0.3, -0.25) is 4.79 Å². The minimum absolute atomic E-state index is 0.0223. The van der Waals surface area contributed by atoms with Crippen LogP contribution in [0, 0.1) is 0 Å². The van der Waals surface area contributed by atoms with Crippen LogP contribution in [-0.2, 0) is 17.8 Å². The number of benzene rings is 2. The van der Waals surface area contributed by atoms with E-state index in [0.717, 1.165) is 34.3 Å². The van der Waals surface area contributed by atoms with E-state index in [1.165, 1.54) is 38.2 Å². The summed E-state index contributed by atoms with van der Waals surface area (Å²) in [4.78, 5) is 10.9. The average Bonchev–Trinajstić information content (AvgIpc) is 3.11. The smallest absolute Gasteiger partial charge is 0.216 e.